The largest absolute Gasteiger partial charge is 0.325 e. The number of thioether (sulfide) groups is 1. The maximum Gasteiger partial charge on any atom is 0.234 e. The predicted octanol–water partition coefficient (Wildman–Crippen LogP) is 4.23. The zero-order valence-corrected chi connectivity index (χ0v) is 16.2. The van der Waals surface area contributed by atoms with E-state index in [0.29, 0.717) is 5.16 Å². The van der Waals surface area contributed by atoms with E-state index >= 15 is 0 Å². The molecule has 5 nitrogen and oxygen atoms in total. The SMILES string of the molecule is Cc1ccc(C)c(NC(=O)CSc2nncn2-c2ccc(C)c(C)c2)c1. The Morgan fingerprint density at radius 3 is 2.58 bits per heavy atom. The molecule has 0 unspecified atom stereocenters. The summed E-state index contributed by atoms with van der Waals surface area (Å²) in [5.74, 6) is 0.218. The molecule has 2 aromatic carbocycles. The number of hydrogen-bond donors (Lipinski definition) is 1. The van der Waals surface area contributed by atoms with Crippen molar-refractivity contribution in [3.63, 3.8) is 0 Å². The van der Waals surface area contributed by atoms with Crippen LogP contribution in [0.15, 0.2) is 47.9 Å². The summed E-state index contributed by atoms with van der Waals surface area (Å²) in [6, 6.07) is 12.2. The molecular formula is C20H22N4OS. The van der Waals surface area contributed by atoms with Crippen LogP contribution in [0.3, 0.4) is 0 Å². The van der Waals surface area contributed by atoms with Crippen LogP contribution in [0.4, 0.5) is 5.69 Å². The summed E-state index contributed by atoms with van der Waals surface area (Å²) < 4.78 is 1.91. The lowest BCUT2D eigenvalue weighted by molar-refractivity contribution is -0.113. The number of aromatic nitrogens is 3. The van der Waals surface area contributed by atoms with E-state index < -0.39 is 0 Å². The van der Waals surface area contributed by atoms with Crippen molar-refractivity contribution in [2.75, 3.05) is 11.1 Å². The van der Waals surface area contributed by atoms with Crippen molar-refractivity contribution in [1.29, 1.82) is 0 Å². The minimum atomic E-state index is -0.0571. The number of nitrogens with one attached hydrogen (secondary N) is 1. The molecule has 0 saturated carbocycles. The topological polar surface area (TPSA) is 59.8 Å². The van der Waals surface area contributed by atoms with E-state index in [-0.39, 0.29) is 11.7 Å². The molecule has 0 aliphatic rings. The van der Waals surface area contributed by atoms with Gasteiger partial charge in [0.2, 0.25) is 5.91 Å². The van der Waals surface area contributed by atoms with Crippen molar-refractivity contribution < 1.29 is 4.79 Å². The molecule has 1 heterocycles. The molecule has 0 bridgehead atoms. The van der Waals surface area contributed by atoms with E-state index in [2.05, 4.69) is 41.5 Å². The van der Waals surface area contributed by atoms with Crippen LogP contribution in [-0.2, 0) is 4.79 Å². The molecule has 1 amide bonds. The lowest BCUT2D eigenvalue weighted by Gasteiger charge is -2.10. The normalized spacial score (nSPS) is 10.8. The van der Waals surface area contributed by atoms with Crippen LogP contribution >= 0.6 is 11.8 Å². The van der Waals surface area contributed by atoms with E-state index in [1.165, 1.54) is 22.9 Å². The van der Waals surface area contributed by atoms with Crippen LogP contribution in [-0.4, -0.2) is 26.4 Å². The number of anilines is 1. The fourth-order valence-corrected chi connectivity index (χ4v) is 3.29. The number of rotatable bonds is 5. The Morgan fingerprint density at radius 1 is 1.04 bits per heavy atom. The maximum absolute atomic E-state index is 12.3. The fraction of sp³-hybridized carbons (Fsp3) is 0.250. The van der Waals surface area contributed by atoms with Gasteiger partial charge in [-0.25, -0.2) is 0 Å². The van der Waals surface area contributed by atoms with Crippen LogP contribution in [0.1, 0.15) is 22.3 Å². The van der Waals surface area contributed by atoms with Gasteiger partial charge >= 0.3 is 0 Å². The highest BCUT2D eigenvalue weighted by atomic mass is 32.2. The summed E-state index contributed by atoms with van der Waals surface area (Å²) in [5, 5.41) is 11.8. The van der Waals surface area contributed by atoms with Gasteiger partial charge in [-0.05, 0) is 68.1 Å². The van der Waals surface area contributed by atoms with Gasteiger partial charge in [0.05, 0.1) is 5.75 Å². The molecule has 0 atom stereocenters. The highest BCUT2D eigenvalue weighted by Crippen LogP contribution is 2.22. The van der Waals surface area contributed by atoms with Gasteiger partial charge in [0.1, 0.15) is 6.33 Å². The molecule has 134 valence electrons. The minimum absolute atomic E-state index is 0.0571. The molecule has 0 aliphatic heterocycles. The maximum atomic E-state index is 12.3. The average molecular weight is 366 g/mol. The molecule has 1 N–H and O–H groups in total. The Balaban J connectivity index is 1.69. The van der Waals surface area contributed by atoms with Crippen molar-refractivity contribution >= 4 is 23.4 Å². The smallest absolute Gasteiger partial charge is 0.234 e. The van der Waals surface area contributed by atoms with Crippen LogP contribution in [0, 0.1) is 27.7 Å². The van der Waals surface area contributed by atoms with E-state index in [4.69, 9.17) is 0 Å². The highest BCUT2D eigenvalue weighted by Gasteiger charge is 2.11. The van der Waals surface area contributed by atoms with E-state index in [9.17, 15) is 4.79 Å². The van der Waals surface area contributed by atoms with E-state index in [0.717, 1.165) is 22.5 Å². The Bertz CT molecular complexity index is 949. The molecule has 0 radical (unpaired) electrons. The average Bonchev–Trinajstić information content (AvgIpc) is 3.07. The second-order valence-corrected chi connectivity index (χ2v) is 7.35. The number of hydrogen-bond acceptors (Lipinski definition) is 4. The Hall–Kier alpha value is -2.60. The number of carbonyl (C=O) groups excluding carboxylic acids is 1. The van der Waals surface area contributed by atoms with E-state index in [1.807, 2.05) is 42.7 Å². The number of amides is 1. The Kier molecular flexibility index (Phi) is 5.42. The first kappa shape index (κ1) is 18.2. The van der Waals surface area contributed by atoms with Gasteiger partial charge in [0, 0.05) is 11.4 Å². The Morgan fingerprint density at radius 2 is 1.81 bits per heavy atom. The van der Waals surface area contributed by atoms with Crippen LogP contribution in [0.5, 0.6) is 0 Å². The summed E-state index contributed by atoms with van der Waals surface area (Å²) in [6.07, 6.45) is 1.68. The predicted molar refractivity (Wildman–Crippen MR) is 106 cm³/mol. The first-order valence-corrected chi connectivity index (χ1v) is 9.40. The summed E-state index contributed by atoms with van der Waals surface area (Å²) in [7, 11) is 0. The molecule has 0 spiro atoms. The molecule has 3 aromatic rings. The molecular weight excluding hydrogens is 344 g/mol. The highest BCUT2D eigenvalue weighted by molar-refractivity contribution is 7.99. The van der Waals surface area contributed by atoms with Gasteiger partial charge < -0.3 is 5.32 Å². The first-order valence-electron chi connectivity index (χ1n) is 8.41. The van der Waals surface area contributed by atoms with Gasteiger partial charge in [-0.2, -0.15) is 0 Å². The molecule has 6 heteroatoms. The lowest BCUT2D eigenvalue weighted by atomic mass is 10.1. The molecule has 1 aromatic heterocycles. The van der Waals surface area contributed by atoms with Gasteiger partial charge in [0.25, 0.3) is 0 Å². The monoisotopic (exact) mass is 366 g/mol. The molecule has 26 heavy (non-hydrogen) atoms. The van der Waals surface area contributed by atoms with Crippen molar-refractivity contribution in [1.82, 2.24) is 14.8 Å². The van der Waals surface area contributed by atoms with Crippen molar-refractivity contribution in [3.8, 4) is 5.69 Å². The molecule has 0 saturated heterocycles. The number of aryl methyl sites for hydroxylation is 4. The summed E-state index contributed by atoms with van der Waals surface area (Å²) in [4.78, 5) is 12.3. The second-order valence-electron chi connectivity index (χ2n) is 6.41. The van der Waals surface area contributed by atoms with Gasteiger partial charge in [-0.15, -0.1) is 10.2 Å². The number of carbonyl (C=O) groups is 1. The zero-order chi connectivity index (χ0) is 18.7. The van der Waals surface area contributed by atoms with Crippen LogP contribution < -0.4 is 5.32 Å². The lowest BCUT2D eigenvalue weighted by Crippen LogP contribution is -2.15. The number of nitrogens with zero attached hydrogens (tertiary/aromatic N) is 3. The van der Waals surface area contributed by atoms with Crippen molar-refractivity contribution in [3.05, 3.63) is 65.0 Å². The minimum Gasteiger partial charge on any atom is -0.325 e. The van der Waals surface area contributed by atoms with Gasteiger partial charge in [-0.3, -0.25) is 9.36 Å². The number of benzene rings is 2. The quantitative estimate of drug-likeness (QED) is 0.687. The summed E-state index contributed by atoms with van der Waals surface area (Å²) in [5.41, 5.74) is 6.46. The molecule has 0 fully saturated rings. The van der Waals surface area contributed by atoms with Crippen molar-refractivity contribution in [2.45, 2.75) is 32.9 Å². The third kappa shape index (κ3) is 4.14. The molecule has 0 aliphatic carbocycles. The van der Waals surface area contributed by atoms with Crippen molar-refractivity contribution in [2.24, 2.45) is 0 Å². The molecule has 3 rings (SSSR count). The second kappa shape index (κ2) is 7.74. The van der Waals surface area contributed by atoms with Crippen LogP contribution in [0.2, 0.25) is 0 Å². The zero-order valence-electron chi connectivity index (χ0n) is 15.4. The van der Waals surface area contributed by atoms with Crippen LogP contribution in [0.25, 0.3) is 5.69 Å². The fourth-order valence-electron chi connectivity index (χ4n) is 2.56. The summed E-state index contributed by atoms with van der Waals surface area (Å²) in [6.45, 7) is 8.15. The van der Waals surface area contributed by atoms with E-state index in [1.54, 1.807) is 6.33 Å². The third-order valence-electron chi connectivity index (χ3n) is 4.28. The standard InChI is InChI=1S/C20H22N4OS/c1-13-5-6-15(3)18(9-13)22-19(25)11-26-20-23-21-12-24(20)17-8-7-14(2)16(4)10-17/h5-10,12H,11H2,1-4H3,(H,22,25). The Labute approximate surface area is 157 Å². The van der Waals surface area contributed by atoms with Gasteiger partial charge in [0.15, 0.2) is 5.16 Å². The first-order chi connectivity index (χ1) is 12.4. The third-order valence-corrected chi connectivity index (χ3v) is 5.23. The summed E-state index contributed by atoms with van der Waals surface area (Å²) >= 11 is 1.37. The van der Waals surface area contributed by atoms with Gasteiger partial charge in [-0.1, -0.05) is 30.0 Å².